The van der Waals surface area contributed by atoms with E-state index in [1.165, 1.54) is 0 Å². The van der Waals surface area contributed by atoms with Gasteiger partial charge in [-0.25, -0.2) is 4.79 Å². The zero-order valence-corrected chi connectivity index (χ0v) is 18.9. The molecule has 31 heavy (non-hydrogen) atoms. The van der Waals surface area contributed by atoms with Gasteiger partial charge in [0.2, 0.25) is 16.1 Å². The predicted octanol–water partition coefficient (Wildman–Crippen LogP) is 4.12. The van der Waals surface area contributed by atoms with Crippen LogP contribution in [0.3, 0.4) is 0 Å². The lowest BCUT2D eigenvalue weighted by atomic mass is 9.99. The monoisotopic (exact) mass is 459 g/mol. The van der Waals surface area contributed by atoms with Gasteiger partial charge in [-0.15, -0.1) is 0 Å². The minimum atomic E-state index is -1.13. The summed E-state index contributed by atoms with van der Waals surface area (Å²) in [6.45, 7) is 3.58. The molecule has 3 atom stereocenters. The van der Waals surface area contributed by atoms with Gasteiger partial charge in [-0.05, 0) is 5.92 Å². The molecule has 0 spiro atoms. The van der Waals surface area contributed by atoms with E-state index in [2.05, 4.69) is 5.32 Å². The summed E-state index contributed by atoms with van der Waals surface area (Å²) in [6, 6.07) is 16.1. The number of carbonyl (C=O) groups is 4. The Morgan fingerprint density at radius 3 is 1.90 bits per heavy atom. The van der Waals surface area contributed by atoms with Crippen molar-refractivity contribution in [2.45, 2.75) is 31.6 Å². The molecule has 0 saturated carbocycles. The summed E-state index contributed by atoms with van der Waals surface area (Å²) in [7, 11) is 0. The molecule has 0 aliphatic heterocycles. The van der Waals surface area contributed by atoms with Crippen LogP contribution in [0.25, 0.3) is 0 Å². The summed E-state index contributed by atoms with van der Waals surface area (Å²) >= 11 is 1.73. The highest BCUT2D eigenvalue weighted by Gasteiger charge is 2.31. The first-order valence-corrected chi connectivity index (χ1v) is 11.7. The van der Waals surface area contributed by atoms with Crippen LogP contribution in [0.1, 0.15) is 41.0 Å². The van der Waals surface area contributed by atoms with E-state index in [0.717, 1.165) is 23.5 Å². The molecule has 164 valence electrons. The Morgan fingerprint density at radius 2 is 1.42 bits per heavy atom. The lowest BCUT2D eigenvalue weighted by Gasteiger charge is -2.23. The highest BCUT2D eigenvalue weighted by atomic mass is 32.2. The maximum atomic E-state index is 12.9. The van der Waals surface area contributed by atoms with Gasteiger partial charge in [-0.3, -0.25) is 14.4 Å². The highest BCUT2D eigenvalue weighted by molar-refractivity contribution is 8.18. The smallest absolute Gasteiger partial charge is 0.326 e. The molecule has 2 aromatic carbocycles. The van der Waals surface area contributed by atoms with E-state index in [9.17, 15) is 24.3 Å². The minimum absolute atomic E-state index is 0.0373. The number of nitrogens with one attached hydrogen (secondary N) is 1. The maximum absolute atomic E-state index is 12.9. The Hall–Kier alpha value is -2.58. The van der Waals surface area contributed by atoms with Crippen LogP contribution < -0.4 is 5.32 Å². The second-order valence-electron chi connectivity index (χ2n) is 6.93. The van der Waals surface area contributed by atoms with Gasteiger partial charge in [-0.1, -0.05) is 104 Å². The first kappa shape index (κ1) is 24.7. The average molecular weight is 460 g/mol. The van der Waals surface area contributed by atoms with E-state index in [0.29, 0.717) is 17.5 Å². The third-order valence-corrected chi connectivity index (χ3v) is 7.03. The molecule has 0 aromatic heterocycles. The van der Waals surface area contributed by atoms with Crippen LogP contribution in [0.2, 0.25) is 0 Å². The number of carboxylic acids is 1. The molecule has 6 nitrogen and oxygen atoms in total. The van der Waals surface area contributed by atoms with E-state index in [4.69, 9.17) is 0 Å². The van der Waals surface area contributed by atoms with Crippen molar-refractivity contribution in [2.24, 2.45) is 5.92 Å². The molecular formula is C23H25NO5S2. The van der Waals surface area contributed by atoms with E-state index >= 15 is 0 Å². The number of hydrogen-bond donors (Lipinski definition) is 2. The molecule has 0 heterocycles. The summed E-state index contributed by atoms with van der Waals surface area (Å²) in [4.78, 5) is 49.6. The molecule has 2 N–H and O–H groups in total. The number of aliphatic carboxylic acids is 1. The zero-order valence-electron chi connectivity index (χ0n) is 17.3. The molecule has 3 unspecified atom stereocenters. The van der Waals surface area contributed by atoms with Gasteiger partial charge < -0.3 is 10.4 Å². The van der Waals surface area contributed by atoms with Crippen LogP contribution >= 0.6 is 23.5 Å². The fraction of sp³-hybridized carbons (Fsp3) is 0.304. The SMILES string of the molecule is CCC(C)C(NC(=O)C(CSC(=O)c1ccccc1)SC(=O)c1ccccc1)C(=O)O. The molecule has 0 aliphatic carbocycles. The topological polar surface area (TPSA) is 101 Å². The number of carboxylic acid groups (broad SMARTS) is 1. The summed E-state index contributed by atoms with van der Waals surface area (Å²) in [6.07, 6.45) is 0.569. The third-order valence-electron chi connectivity index (χ3n) is 4.70. The Kier molecular flexibility index (Phi) is 9.81. The summed E-state index contributed by atoms with van der Waals surface area (Å²) < 4.78 is 0. The van der Waals surface area contributed by atoms with Crippen molar-refractivity contribution >= 4 is 45.6 Å². The Morgan fingerprint density at radius 1 is 0.903 bits per heavy atom. The van der Waals surface area contributed by atoms with Gasteiger partial charge in [0.25, 0.3) is 0 Å². The van der Waals surface area contributed by atoms with E-state index in [1.54, 1.807) is 67.6 Å². The number of hydrogen-bond acceptors (Lipinski definition) is 6. The highest BCUT2D eigenvalue weighted by Crippen LogP contribution is 2.24. The quantitative estimate of drug-likeness (QED) is 0.551. The fourth-order valence-electron chi connectivity index (χ4n) is 2.67. The second kappa shape index (κ2) is 12.3. The molecule has 0 radical (unpaired) electrons. The van der Waals surface area contributed by atoms with Crippen molar-refractivity contribution < 1.29 is 24.3 Å². The van der Waals surface area contributed by atoms with E-state index in [-0.39, 0.29) is 21.9 Å². The minimum Gasteiger partial charge on any atom is -0.480 e. The van der Waals surface area contributed by atoms with Crippen molar-refractivity contribution in [1.29, 1.82) is 0 Å². The van der Waals surface area contributed by atoms with Crippen molar-refractivity contribution in [2.75, 3.05) is 5.75 Å². The van der Waals surface area contributed by atoms with Crippen molar-refractivity contribution in [3.8, 4) is 0 Å². The molecule has 0 saturated heterocycles. The van der Waals surface area contributed by atoms with Crippen LogP contribution in [0.5, 0.6) is 0 Å². The Bertz CT molecular complexity index is 905. The molecular weight excluding hydrogens is 434 g/mol. The summed E-state index contributed by atoms with van der Waals surface area (Å²) in [5.74, 6) is -1.95. The largest absolute Gasteiger partial charge is 0.480 e. The van der Waals surface area contributed by atoms with Gasteiger partial charge in [0.1, 0.15) is 11.3 Å². The molecule has 0 fully saturated rings. The van der Waals surface area contributed by atoms with Crippen LogP contribution in [-0.2, 0) is 9.59 Å². The standard InChI is InChI=1S/C23H25NO5S2/c1-3-15(2)19(21(26)27)24-20(25)18(31-23(29)17-12-8-5-9-13-17)14-30-22(28)16-10-6-4-7-11-16/h4-13,15,18-19H,3,14H2,1-2H3,(H,24,25)(H,26,27). The first-order chi connectivity index (χ1) is 14.8. The Labute approximate surface area is 190 Å². The maximum Gasteiger partial charge on any atom is 0.326 e. The predicted molar refractivity (Wildman–Crippen MR) is 124 cm³/mol. The zero-order chi connectivity index (χ0) is 22.8. The fourth-order valence-corrected chi connectivity index (χ4v) is 4.61. The number of amides is 1. The van der Waals surface area contributed by atoms with Gasteiger partial charge in [0, 0.05) is 16.9 Å². The van der Waals surface area contributed by atoms with Crippen LogP contribution in [-0.4, -0.2) is 44.3 Å². The van der Waals surface area contributed by atoms with E-state index < -0.39 is 23.2 Å². The average Bonchev–Trinajstić information content (AvgIpc) is 2.80. The molecule has 0 aliphatic rings. The molecule has 1 amide bonds. The number of thioether (sulfide) groups is 2. The number of rotatable bonds is 10. The lowest BCUT2D eigenvalue weighted by Crippen LogP contribution is -2.48. The molecule has 2 rings (SSSR count). The summed E-state index contributed by atoms with van der Waals surface area (Å²) in [5.41, 5.74) is 0.926. The molecule has 0 bridgehead atoms. The third kappa shape index (κ3) is 7.56. The number of benzene rings is 2. The molecule has 8 heteroatoms. The Balaban J connectivity index is 2.15. The summed E-state index contributed by atoms with van der Waals surface area (Å²) in [5, 5.41) is 10.6. The van der Waals surface area contributed by atoms with Gasteiger partial charge >= 0.3 is 5.97 Å². The van der Waals surface area contributed by atoms with Crippen LogP contribution in [0, 0.1) is 5.92 Å². The van der Waals surface area contributed by atoms with Gasteiger partial charge in [0.15, 0.2) is 0 Å². The molecule has 2 aromatic rings. The lowest BCUT2D eigenvalue weighted by molar-refractivity contribution is -0.143. The van der Waals surface area contributed by atoms with Crippen molar-refractivity contribution in [3.05, 3.63) is 71.8 Å². The van der Waals surface area contributed by atoms with E-state index in [1.807, 2.05) is 6.92 Å². The number of carbonyl (C=O) groups excluding carboxylic acids is 3. The van der Waals surface area contributed by atoms with Crippen LogP contribution in [0.4, 0.5) is 0 Å². The van der Waals surface area contributed by atoms with Crippen LogP contribution in [0.15, 0.2) is 60.7 Å². The van der Waals surface area contributed by atoms with Crippen molar-refractivity contribution in [1.82, 2.24) is 5.32 Å². The van der Waals surface area contributed by atoms with Gasteiger partial charge in [-0.2, -0.15) is 0 Å². The van der Waals surface area contributed by atoms with Crippen molar-refractivity contribution in [3.63, 3.8) is 0 Å². The first-order valence-electron chi connectivity index (χ1n) is 9.84. The second-order valence-corrected chi connectivity index (χ2v) is 9.10. The van der Waals surface area contributed by atoms with Gasteiger partial charge in [0.05, 0.1) is 0 Å². The normalized spacial score (nSPS) is 13.6.